The van der Waals surface area contributed by atoms with Crippen LogP contribution in [0.5, 0.6) is 0 Å². The van der Waals surface area contributed by atoms with Gasteiger partial charge in [0, 0.05) is 49.2 Å². The van der Waals surface area contributed by atoms with Crippen LogP contribution in [-0.4, -0.2) is 38.4 Å². The predicted molar refractivity (Wildman–Crippen MR) is 101 cm³/mol. The number of piperidine rings is 1. The summed E-state index contributed by atoms with van der Waals surface area (Å²) in [5.74, 6) is 1.79. The van der Waals surface area contributed by atoms with E-state index in [9.17, 15) is 4.79 Å². The summed E-state index contributed by atoms with van der Waals surface area (Å²) >= 11 is 1.65. The smallest absolute Gasteiger partial charge is 0.222 e. The zero-order valence-electron chi connectivity index (χ0n) is 15.3. The van der Waals surface area contributed by atoms with Crippen molar-refractivity contribution in [3.8, 4) is 0 Å². The summed E-state index contributed by atoms with van der Waals surface area (Å²) in [6.07, 6.45) is 9.92. The zero-order chi connectivity index (χ0) is 17.6. The van der Waals surface area contributed by atoms with Crippen LogP contribution in [0, 0.1) is 6.92 Å². The van der Waals surface area contributed by atoms with Crippen LogP contribution >= 0.6 is 11.3 Å². The number of imidazole rings is 1. The molecule has 25 heavy (non-hydrogen) atoms. The largest absolute Gasteiger partial charge is 0.342 e. The number of carbonyl (C=O) groups excluding carboxylic acids is 1. The molecule has 0 aromatic carbocycles. The summed E-state index contributed by atoms with van der Waals surface area (Å²) in [6.45, 7) is 6.95. The second-order valence-corrected chi connectivity index (χ2v) is 7.81. The van der Waals surface area contributed by atoms with Gasteiger partial charge in [-0.05, 0) is 32.6 Å². The quantitative estimate of drug-likeness (QED) is 0.755. The summed E-state index contributed by atoms with van der Waals surface area (Å²) in [5, 5.41) is 0. The maximum atomic E-state index is 12.7. The molecule has 0 radical (unpaired) electrons. The van der Waals surface area contributed by atoms with Gasteiger partial charge in [0.2, 0.25) is 5.91 Å². The lowest BCUT2D eigenvalue weighted by Gasteiger charge is -2.33. The monoisotopic (exact) mass is 360 g/mol. The van der Waals surface area contributed by atoms with Crippen molar-refractivity contribution in [1.29, 1.82) is 0 Å². The lowest BCUT2D eigenvalue weighted by atomic mass is 9.96. The topological polar surface area (TPSA) is 51.0 Å². The third-order valence-corrected chi connectivity index (χ3v) is 6.05. The highest BCUT2D eigenvalue weighted by molar-refractivity contribution is 7.09. The number of amides is 1. The van der Waals surface area contributed by atoms with E-state index in [1.165, 1.54) is 17.7 Å². The van der Waals surface area contributed by atoms with E-state index in [4.69, 9.17) is 0 Å². The molecule has 2 aromatic heterocycles. The summed E-state index contributed by atoms with van der Waals surface area (Å²) in [4.78, 5) is 24.8. The molecule has 1 fully saturated rings. The molecule has 5 nitrogen and oxygen atoms in total. The minimum atomic E-state index is 0.268. The summed E-state index contributed by atoms with van der Waals surface area (Å²) in [7, 11) is 0. The van der Waals surface area contributed by atoms with Crippen LogP contribution in [0.25, 0.3) is 0 Å². The Morgan fingerprint density at radius 1 is 1.40 bits per heavy atom. The molecule has 0 bridgehead atoms. The van der Waals surface area contributed by atoms with Crippen molar-refractivity contribution >= 4 is 17.2 Å². The first-order chi connectivity index (χ1) is 12.2. The Morgan fingerprint density at radius 2 is 2.28 bits per heavy atom. The molecule has 1 aliphatic heterocycles. The fraction of sp³-hybridized carbons (Fsp3) is 0.632. The molecule has 3 heterocycles. The lowest BCUT2D eigenvalue weighted by molar-refractivity contribution is -0.132. The first-order valence-electron chi connectivity index (χ1n) is 9.36. The van der Waals surface area contributed by atoms with E-state index in [-0.39, 0.29) is 5.91 Å². The molecule has 0 saturated carbocycles. The Kier molecular flexibility index (Phi) is 6.24. The molecular weight excluding hydrogens is 332 g/mol. The number of aryl methyl sites for hydroxylation is 3. The maximum Gasteiger partial charge on any atom is 0.222 e. The van der Waals surface area contributed by atoms with Crippen LogP contribution in [0.15, 0.2) is 17.9 Å². The molecule has 2 aromatic rings. The van der Waals surface area contributed by atoms with Gasteiger partial charge in [-0.1, -0.05) is 13.3 Å². The van der Waals surface area contributed by atoms with Gasteiger partial charge in [-0.2, -0.15) is 0 Å². The number of thiazole rings is 1. The molecule has 1 saturated heterocycles. The highest BCUT2D eigenvalue weighted by Gasteiger charge is 2.27. The molecule has 0 unspecified atom stereocenters. The first-order valence-corrected chi connectivity index (χ1v) is 10.2. The number of aromatic nitrogens is 3. The van der Waals surface area contributed by atoms with Gasteiger partial charge in [0.05, 0.1) is 11.2 Å². The molecule has 0 spiro atoms. The highest BCUT2D eigenvalue weighted by atomic mass is 32.1. The number of rotatable bonds is 7. The predicted octanol–water partition coefficient (Wildman–Crippen LogP) is 3.79. The normalized spacial score (nSPS) is 17.8. The number of unbranched alkanes of at least 4 members (excludes halogenated alkanes) is 1. The van der Waals surface area contributed by atoms with Crippen LogP contribution in [0.3, 0.4) is 0 Å². The van der Waals surface area contributed by atoms with Crippen LogP contribution in [0.2, 0.25) is 0 Å². The van der Waals surface area contributed by atoms with Crippen molar-refractivity contribution in [3.05, 3.63) is 34.3 Å². The van der Waals surface area contributed by atoms with Crippen LogP contribution < -0.4 is 0 Å². The van der Waals surface area contributed by atoms with Gasteiger partial charge in [-0.3, -0.25) is 4.79 Å². The molecule has 1 atom stereocenters. The zero-order valence-corrected chi connectivity index (χ0v) is 16.1. The first kappa shape index (κ1) is 18.1. The van der Waals surface area contributed by atoms with E-state index < -0.39 is 0 Å². The number of likely N-dealkylation sites (tertiary alicyclic amines) is 1. The molecule has 1 amide bonds. The second-order valence-electron chi connectivity index (χ2n) is 6.87. The van der Waals surface area contributed by atoms with Crippen LogP contribution in [0.1, 0.15) is 61.3 Å². The fourth-order valence-electron chi connectivity index (χ4n) is 3.56. The van der Waals surface area contributed by atoms with Gasteiger partial charge < -0.3 is 9.47 Å². The average Bonchev–Trinajstić information content (AvgIpc) is 3.26. The van der Waals surface area contributed by atoms with Gasteiger partial charge >= 0.3 is 0 Å². The summed E-state index contributed by atoms with van der Waals surface area (Å²) in [6, 6.07) is 0. The Morgan fingerprint density at radius 3 is 3.04 bits per heavy atom. The third kappa shape index (κ3) is 4.48. The fourth-order valence-corrected chi connectivity index (χ4v) is 4.34. The van der Waals surface area contributed by atoms with Gasteiger partial charge in [0.25, 0.3) is 0 Å². The summed E-state index contributed by atoms with van der Waals surface area (Å²) < 4.78 is 2.28. The number of hydrogen-bond acceptors (Lipinski definition) is 4. The van der Waals surface area contributed by atoms with E-state index in [0.29, 0.717) is 12.3 Å². The Hall–Kier alpha value is -1.69. The second kappa shape index (κ2) is 8.61. The third-order valence-electron chi connectivity index (χ3n) is 5.05. The number of carbonyl (C=O) groups is 1. The Bertz CT molecular complexity index is 693. The van der Waals surface area contributed by atoms with Crippen molar-refractivity contribution in [2.24, 2.45) is 0 Å². The molecular formula is C19H28N4OS. The SMILES string of the molecule is CCCCn1ccnc1[C@@H]1CCCN(C(=O)CCc2scnc2C)C1. The minimum absolute atomic E-state index is 0.268. The van der Waals surface area contributed by atoms with Crippen molar-refractivity contribution < 1.29 is 4.79 Å². The number of hydrogen-bond donors (Lipinski definition) is 0. The minimum Gasteiger partial charge on any atom is -0.342 e. The van der Waals surface area contributed by atoms with Crippen molar-refractivity contribution in [2.75, 3.05) is 13.1 Å². The molecule has 6 heteroatoms. The lowest BCUT2D eigenvalue weighted by Crippen LogP contribution is -2.39. The Labute approximate surface area is 154 Å². The van der Waals surface area contributed by atoms with Crippen LogP contribution in [-0.2, 0) is 17.8 Å². The molecule has 3 rings (SSSR count). The molecule has 136 valence electrons. The van der Waals surface area contributed by atoms with Crippen molar-refractivity contribution in [1.82, 2.24) is 19.4 Å². The molecule has 0 aliphatic carbocycles. The average molecular weight is 361 g/mol. The van der Waals surface area contributed by atoms with Crippen molar-refractivity contribution in [3.63, 3.8) is 0 Å². The van der Waals surface area contributed by atoms with Crippen molar-refractivity contribution in [2.45, 2.75) is 64.8 Å². The van der Waals surface area contributed by atoms with E-state index in [1.54, 1.807) is 11.3 Å². The highest BCUT2D eigenvalue weighted by Crippen LogP contribution is 2.27. The molecule has 1 aliphatic rings. The van der Waals surface area contributed by atoms with Crippen LogP contribution in [0.4, 0.5) is 0 Å². The molecule has 0 N–H and O–H groups in total. The Balaban J connectivity index is 1.58. The van der Waals surface area contributed by atoms with E-state index >= 15 is 0 Å². The van der Waals surface area contributed by atoms with Gasteiger partial charge in [0.1, 0.15) is 5.82 Å². The standard InChI is InChI=1S/C19H28N4OS/c1-3-4-10-22-12-9-20-19(22)16-6-5-11-23(13-16)18(24)8-7-17-15(2)21-14-25-17/h9,12,14,16H,3-8,10-11,13H2,1-2H3/t16-/m1/s1. The summed E-state index contributed by atoms with van der Waals surface area (Å²) in [5.41, 5.74) is 2.93. The van der Waals surface area contributed by atoms with E-state index in [0.717, 1.165) is 50.4 Å². The van der Waals surface area contributed by atoms with Gasteiger partial charge in [0.15, 0.2) is 0 Å². The van der Waals surface area contributed by atoms with E-state index in [1.807, 2.05) is 23.5 Å². The maximum absolute atomic E-state index is 12.7. The van der Waals surface area contributed by atoms with Gasteiger partial charge in [-0.25, -0.2) is 9.97 Å². The number of nitrogens with zero attached hydrogens (tertiary/aromatic N) is 4. The van der Waals surface area contributed by atoms with E-state index in [2.05, 4.69) is 27.7 Å². The van der Waals surface area contributed by atoms with Gasteiger partial charge in [-0.15, -0.1) is 11.3 Å².